The Morgan fingerprint density at radius 2 is 1.93 bits per heavy atom. The van der Waals surface area contributed by atoms with Crippen molar-refractivity contribution in [1.29, 1.82) is 0 Å². The van der Waals surface area contributed by atoms with E-state index >= 15 is 0 Å². The van der Waals surface area contributed by atoms with Gasteiger partial charge in [0.15, 0.2) is 0 Å². The Balaban J connectivity index is 1.65. The van der Waals surface area contributed by atoms with Gasteiger partial charge in [-0.1, -0.05) is 12.1 Å². The zero-order chi connectivity index (χ0) is 19.2. The molecule has 0 aliphatic carbocycles. The van der Waals surface area contributed by atoms with E-state index in [-0.39, 0.29) is 11.8 Å². The van der Waals surface area contributed by atoms with Gasteiger partial charge in [0.2, 0.25) is 5.91 Å². The molecule has 142 valence electrons. The van der Waals surface area contributed by atoms with E-state index in [1.54, 1.807) is 0 Å². The molecule has 1 aliphatic rings. The number of anilines is 2. The first-order valence-electron chi connectivity index (χ1n) is 9.56. The molecule has 3 rings (SSSR count). The van der Waals surface area contributed by atoms with Crippen LogP contribution in [0, 0.1) is 0 Å². The van der Waals surface area contributed by atoms with Crippen molar-refractivity contribution >= 4 is 23.2 Å². The fourth-order valence-corrected chi connectivity index (χ4v) is 3.25. The van der Waals surface area contributed by atoms with E-state index in [2.05, 4.69) is 17.1 Å². The second-order valence-electron chi connectivity index (χ2n) is 6.99. The molecule has 1 aliphatic heterocycles. The molecular weight excluding hydrogens is 338 g/mol. The number of hydrogen-bond donors (Lipinski definition) is 1. The number of amides is 2. The predicted octanol–water partition coefficient (Wildman–Crippen LogP) is 3.91. The van der Waals surface area contributed by atoms with Gasteiger partial charge < -0.3 is 15.1 Å². The van der Waals surface area contributed by atoms with Crippen LogP contribution >= 0.6 is 0 Å². The van der Waals surface area contributed by atoms with E-state index < -0.39 is 0 Å². The van der Waals surface area contributed by atoms with Gasteiger partial charge in [0.1, 0.15) is 0 Å². The highest BCUT2D eigenvalue weighted by molar-refractivity contribution is 6.04. The van der Waals surface area contributed by atoms with Crippen LogP contribution in [0.1, 0.15) is 42.1 Å². The van der Waals surface area contributed by atoms with Crippen LogP contribution in [-0.4, -0.2) is 36.9 Å². The van der Waals surface area contributed by atoms with E-state index in [0.29, 0.717) is 18.5 Å². The van der Waals surface area contributed by atoms with Crippen molar-refractivity contribution in [3.05, 3.63) is 59.7 Å². The molecule has 0 radical (unpaired) electrons. The second-order valence-corrected chi connectivity index (χ2v) is 6.99. The number of nitrogens with zero attached hydrogens (tertiary/aromatic N) is 2. The summed E-state index contributed by atoms with van der Waals surface area (Å²) in [6.45, 7) is 4.41. The van der Waals surface area contributed by atoms with Crippen molar-refractivity contribution in [3.63, 3.8) is 0 Å². The summed E-state index contributed by atoms with van der Waals surface area (Å²) in [5.74, 6) is 0.0831. The maximum atomic E-state index is 12.5. The first-order chi connectivity index (χ1) is 13.1. The van der Waals surface area contributed by atoms with Crippen molar-refractivity contribution in [2.45, 2.75) is 32.7 Å². The van der Waals surface area contributed by atoms with Gasteiger partial charge in [-0.15, -0.1) is 0 Å². The van der Waals surface area contributed by atoms with E-state index in [1.165, 1.54) is 0 Å². The van der Waals surface area contributed by atoms with Crippen LogP contribution in [0.25, 0.3) is 0 Å². The lowest BCUT2D eigenvalue weighted by atomic mass is 10.1. The summed E-state index contributed by atoms with van der Waals surface area (Å²) < 4.78 is 0. The molecule has 0 atom stereocenters. The van der Waals surface area contributed by atoms with Crippen LogP contribution in [0.3, 0.4) is 0 Å². The molecule has 1 heterocycles. The smallest absolute Gasteiger partial charge is 0.255 e. The fraction of sp³-hybridized carbons (Fsp3) is 0.364. The van der Waals surface area contributed by atoms with E-state index in [4.69, 9.17) is 0 Å². The lowest BCUT2D eigenvalue weighted by molar-refractivity contribution is -0.133. The Morgan fingerprint density at radius 3 is 2.63 bits per heavy atom. The van der Waals surface area contributed by atoms with Crippen LogP contribution in [0.4, 0.5) is 11.4 Å². The maximum absolute atomic E-state index is 12.5. The van der Waals surface area contributed by atoms with Crippen LogP contribution in [0.2, 0.25) is 0 Å². The zero-order valence-corrected chi connectivity index (χ0v) is 16.1. The largest absolute Gasteiger partial charge is 0.375 e. The molecule has 0 unspecified atom stereocenters. The SMILES string of the molecule is CCN(C)c1ccc(C(=O)Nc2cccc(CN3CCCCC3=O)c2)cc1. The van der Waals surface area contributed by atoms with Crippen LogP contribution in [-0.2, 0) is 11.3 Å². The maximum Gasteiger partial charge on any atom is 0.255 e. The Labute approximate surface area is 161 Å². The number of nitrogens with one attached hydrogen (secondary N) is 1. The van der Waals surface area contributed by atoms with E-state index in [1.807, 2.05) is 60.5 Å². The molecule has 5 nitrogen and oxygen atoms in total. The first-order valence-corrected chi connectivity index (χ1v) is 9.56. The number of likely N-dealkylation sites (tertiary alicyclic amines) is 1. The molecule has 2 amide bonds. The van der Waals surface area contributed by atoms with Crippen molar-refractivity contribution < 1.29 is 9.59 Å². The zero-order valence-electron chi connectivity index (χ0n) is 16.1. The molecule has 0 aromatic heterocycles. The van der Waals surface area contributed by atoms with Gasteiger partial charge in [-0.25, -0.2) is 0 Å². The van der Waals surface area contributed by atoms with E-state index in [0.717, 1.165) is 42.9 Å². The number of rotatable bonds is 6. The summed E-state index contributed by atoms with van der Waals surface area (Å²) in [6.07, 6.45) is 2.68. The van der Waals surface area contributed by atoms with Crippen molar-refractivity contribution in [2.24, 2.45) is 0 Å². The number of carbonyl (C=O) groups excluding carboxylic acids is 2. The molecule has 2 aromatic carbocycles. The van der Waals surface area contributed by atoms with Crippen molar-refractivity contribution in [3.8, 4) is 0 Å². The minimum absolute atomic E-state index is 0.132. The lowest BCUT2D eigenvalue weighted by Gasteiger charge is -2.26. The number of piperidine rings is 1. The lowest BCUT2D eigenvalue weighted by Crippen LogP contribution is -2.34. The van der Waals surface area contributed by atoms with Gasteiger partial charge >= 0.3 is 0 Å². The third kappa shape index (κ3) is 4.88. The second kappa shape index (κ2) is 8.71. The summed E-state index contributed by atoms with van der Waals surface area (Å²) in [7, 11) is 2.02. The number of hydrogen-bond acceptors (Lipinski definition) is 3. The summed E-state index contributed by atoms with van der Waals surface area (Å²) in [6, 6.07) is 15.3. The highest BCUT2D eigenvalue weighted by Crippen LogP contribution is 2.19. The van der Waals surface area contributed by atoms with Gasteiger partial charge in [0.25, 0.3) is 5.91 Å². The van der Waals surface area contributed by atoms with Crippen LogP contribution in [0.5, 0.6) is 0 Å². The Hall–Kier alpha value is -2.82. The van der Waals surface area contributed by atoms with Crippen molar-refractivity contribution in [2.75, 3.05) is 30.4 Å². The fourth-order valence-electron chi connectivity index (χ4n) is 3.25. The standard InChI is InChI=1S/C22H27N3O2/c1-3-24(2)20-12-10-18(11-13-20)22(27)23-19-8-6-7-17(15-19)16-25-14-5-4-9-21(25)26/h6-8,10-13,15H,3-5,9,14,16H2,1-2H3,(H,23,27). The molecule has 2 aromatic rings. The number of benzene rings is 2. The molecule has 0 saturated carbocycles. The summed E-state index contributed by atoms with van der Waals surface area (Å²) in [5, 5.41) is 2.95. The van der Waals surface area contributed by atoms with Crippen LogP contribution < -0.4 is 10.2 Å². The van der Waals surface area contributed by atoms with Crippen molar-refractivity contribution in [1.82, 2.24) is 4.90 Å². The molecule has 0 bridgehead atoms. The normalized spacial score (nSPS) is 14.1. The van der Waals surface area contributed by atoms with Gasteiger partial charge in [-0.2, -0.15) is 0 Å². The van der Waals surface area contributed by atoms with E-state index in [9.17, 15) is 9.59 Å². The summed E-state index contributed by atoms with van der Waals surface area (Å²) in [5.41, 5.74) is 3.49. The first kappa shape index (κ1) is 19.0. The molecule has 1 N–H and O–H groups in total. The summed E-state index contributed by atoms with van der Waals surface area (Å²) >= 11 is 0. The topological polar surface area (TPSA) is 52.7 Å². The highest BCUT2D eigenvalue weighted by Gasteiger charge is 2.18. The molecule has 0 spiro atoms. The van der Waals surface area contributed by atoms with Gasteiger partial charge in [0.05, 0.1) is 0 Å². The number of carbonyl (C=O) groups is 2. The Bertz CT molecular complexity index is 801. The molecule has 1 saturated heterocycles. The molecule has 1 fully saturated rings. The Kier molecular flexibility index (Phi) is 6.12. The predicted molar refractivity (Wildman–Crippen MR) is 109 cm³/mol. The minimum Gasteiger partial charge on any atom is -0.375 e. The van der Waals surface area contributed by atoms with Gasteiger partial charge in [0, 0.05) is 50.0 Å². The van der Waals surface area contributed by atoms with Gasteiger partial charge in [-0.3, -0.25) is 9.59 Å². The minimum atomic E-state index is -0.132. The Morgan fingerprint density at radius 1 is 1.15 bits per heavy atom. The average Bonchev–Trinajstić information content (AvgIpc) is 2.69. The van der Waals surface area contributed by atoms with Crippen LogP contribution in [0.15, 0.2) is 48.5 Å². The summed E-state index contributed by atoms with van der Waals surface area (Å²) in [4.78, 5) is 28.5. The monoisotopic (exact) mass is 365 g/mol. The highest BCUT2D eigenvalue weighted by atomic mass is 16.2. The molecule has 27 heavy (non-hydrogen) atoms. The third-order valence-electron chi connectivity index (χ3n) is 5.02. The van der Waals surface area contributed by atoms with Gasteiger partial charge in [-0.05, 0) is 61.7 Å². The molecular formula is C22H27N3O2. The quantitative estimate of drug-likeness (QED) is 0.844. The third-order valence-corrected chi connectivity index (χ3v) is 5.02. The molecule has 5 heteroatoms. The average molecular weight is 365 g/mol.